The average molecular weight is 426 g/mol. The number of benzene rings is 3. The molecule has 0 aliphatic carbocycles. The number of sulfonamides is 1. The minimum Gasteiger partial charge on any atom is -0.313 e. The summed E-state index contributed by atoms with van der Waals surface area (Å²) in [5.41, 5.74) is 2.97. The molecule has 3 aromatic rings. The molecule has 2 aliphatic rings. The molecule has 0 aromatic heterocycles. The summed E-state index contributed by atoms with van der Waals surface area (Å²) < 4.78 is 54.5. The third kappa shape index (κ3) is 3.14. The molecule has 3 atom stereocenters. The summed E-state index contributed by atoms with van der Waals surface area (Å²) in [6, 6.07) is 19.1. The summed E-state index contributed by atoms with van der Waals surface area (Å²) in [4.78, 5) is -0.00972. The molecule has 2 heterocycles. The Kier molecular flexibility index (Phi) is 4.69. The number of fused-ring (bicyclic) bond motifs is 2. The summed E-state index contributed by atoms with van der Waals surface area (Å²) in [6.45, 7) is 1.10. The fourth-order valence-corrected chi connectivity index (χ4v) is 6.50. The van der Waals surface area contributed by atoms with Crippen molar-refractivity contribution in [1.82, 2.24) is 9.62 Å². The molecule has 0 saturated carbocycles. The van der Waals surface area contributed by atoms with Gasteiger partial charge in [-0.25, -0.2) is 17.2 Å². The van der Waals surface area contributed by atoms with Crippen LogP contribution in [0.25, 0.3) is 11.1 Å². The number of rotatable bonds is 4. The van der Waals surface area contributed by atoms with Gasteiger partial charge in [-0.2, -0.15) is 4.31 Å². The van der Waals surface area contributed by atoms with E-state index in [1.807, 2.05) is 24.3 Å². The zero-order chi connectivity index (χ0) is 20.9. The number of piperazine rings is 1. The Hall–Kier alpha value is -2.61. The van der Waals surface area contributed by atoms with E-state index < -0.39 is 15.8 Å². The molecule has 1 unspecified atom stereocenters. The summed E-state index contributed by atoms with van der Waals surface area (Å²) >= 11 is 0. The SMILES string of the molecule is O=S(=O)(c1cccc(F)c1)N1[C@@H]2CNC[C@H]1C2c1ccc(-c2ccc(F)cc2)cc1. The van der Waals surface area contributed by atoms with Crippen LogP contribution in [0.5, 0.6) is 0 Å². The average Bonchev–Trinajstić information content (AvgIpc) is 2.75. The molecule has 5 rings (SSSR count). The van der Waals surface area contributed by atoms with Gasteiger partial charge in [0.25, 0.3) is 0 Å². The van der Waals surface area contributed by atoms with Crippen LogP contribution in [0.4, 0.5) is 8.78 Å². The van der Waals surface area contributed by atoms with Crippen molar-refractivity contribution in [1.29, 1.82) is 0 Å². The van der Waals surface area contributed by atoms with Gasteiger partial charge in [-0.15, -0.1) is 0 Å². The van der Waals surface area contributed by atoms with Crippen molar-refractivity contribution in [3.8, 4) is 11.1 Å². The van der Waals surface area contributed by atoms with Crippen LogP contribution in [-0.2, 0) is 10.0 Å². The predicted octanol–water partition coefficient (Wildman–Crippen LogP) is 3.76. The van der Waals surface area contributed by atoms with Crippen molar-refractivity contribution in [2.75, 3.05) is 13.1 Å². The molecule has 1 N–H and O–H groups in total. The molecular weight excluding hydrogens is 406 g/mol. The molecule has 2 bridgehead atoms. The minimum absolute atomic E-state index is 0.00972. The number of hydrogen-bond donors (Lipinski definition) is 1. The lowest BCUT2D eigenvalue weighted by Crippen LogP contribution is -2.73. The van der Waals surface area contributed by atoms with Crippen molar-refractivity contribution >= 4 is 10.0 Å². The standard InChI is InChI=1S/C23H20F2N2O2S/c24-18-10-8-16(9-11-18)15-4-6-17(7-5-15)23-21-13-26-14-22(23)27(21)30(28,29)20-3-1-2-19(25)12-20/h1-12,21-23,26H,13-14H2/t21-,22+,23?. The van der Waals surface area contributed by atoms with Crippen molar-refractivity contribution in [3.63, 3.8) is 0 Å². The van der Waals surface area contributed by atoms with Crippen LogP contribution in [0, 0.1) is 11.6 Å². The van der Waals surface area contributed by atoms with E-state index in [0.29, 0.717) is 13.1 Å². The fraction of sp³-hybridized carbons (Fsp3) is 0.217. The van der Waals surface area contributed by atoms with Gasteiger partial charge in [0.15, 0.2) is 0 Å². The molecule has 30 heavy (non-hydrogen) atoms. The minimum atomic E-state index is -3.76. The first-order valence-corrected chi connectivity index (χ1v) is 11.2. The normalized spacial score (nSPS) is 23.7. The van der Waals surface area contributed by atoms with Crippen LogP contribution >= 0.6 is 0 Å². The molecule has 7 heteroatoms. The molecule has 0 amide bonds. The second-order valence-corrected chi connectivity index (χ2v) is 9.58. The third-order valence-electron chi connectivity index (χ3n) is 6.03. The number of nitrogens with zero attached hydrogens (tertiary/aromatic N) is 1. The highest BCUT2D eigenvalue weighted by Crippen LogP contribution is 2.46. The van der Waals surface area contributed by atoms with Gasteiger partial charge in [0, 0.05) is 31.1 Å². The molecule has 2 aliphatic heterocycles. The van der Waals surface area contributed by atoms with E-state index >= 15 is 0 Å². The third-order valence-corrected chi connectivity index (χ3v) is 7.98. The Labute approximate surface area is 174 Å². The molecule has 0 radical (unpaired) electrons. The first-order valence-electron chi connectivity index (χ1n) is 9.81. The second kappa shape index (κ2) is 7.27. The zero-order valence-corrected chi connectivity index (χ0v) is 16.8. The maximum Gasteiger partial charge on any atom is 0.243 e. The number of nitrogens with one attached hydrogen (secondary N) is 1. The maximum absolute atomic E-state index is 13.6. The Balaban J connectivity index is 1.41. The van der Waals surface area contributed by atoms with Crippen LogP contribution < -0.4 is 5.32 Å². The molecule has 154 valence electrons. The van der Waals surface area contributed by atoms with Crippen LogP contribution in [0.2, 0.25) is 0 Å². The predicted molar refractivity (Wildman–Crippen MR) is 110 cm³/mol. The monoisotopic (exact) mass is 426 g/mol. The summed E-state index contributed by atoms with van der Waals surface area (Å²) in [5, 5.41) is 3.28. The van der Waals surface area contributed by atoms with Crippen LogP contribution in [0.1, 0.15) is 11.5 Å². The van der Waals surface area contributed by atoms with Crippen molar-refractivity contribution < 1.29 is 17.2 Å². The van der Waals surface area contributed by atoms with Gasteiger partial charge in [0.2, 0.25) is 10.0 Å². The van der Waals surface area contributed by atoms with Crippen molar-refractivity contribution in [3.05, 3.63) is 90.0 Å². The summed E-state index contributed by atoms with van der Waals surface area (Å²) in [6.07, 6.45) is 0. The lowest BCUT2D eigenvalue weighted by atomic mass is 9.74. The topological polar surface area (TPSA) is 49.4 Å². The first-order chi connectivity index (χ1) is 14.4. The molecular formula is C23H20F2N2O2S. The highest BCUT2D eigenvalue weighted by Gasteiger charge is 2.56. The molecule has 2 fully saturated rings. The van der Waals surface area contributed by atoms with Gasteiger partial charge < -0.3 is 5.32 Å². The van der Waals surface area contributed by atoms with Gasteiger partial charge in [0.1, 0.15) is 11.6 Å². The molecule has 2 saturated heterocycles. The second-order valence-electron chi connectivity index (χ2n) is 7.74. The van der Waals surface area contributed by atoms with Gasteiger partial charge in [0.05, 0.1) is 4.90 Å². The van der Waals surface area contributed by atoms with E-state index in [-0.39, 0.29) is 28.7 Å². The van der Waals surface area contributed by atoms with E-state index in [2.05, 4.69) is 5.32 Å². The van der Waals surface area contributed by atoms with Crippen LogP contribution in [0.15, 0.2) is 77.7 Å². The highest BCUT2D eigenvalue weighted by atomic mass is 32.2. The van der Waals surface area contributed by atoms with E-state index in [1.165, 1.54) is 34.6 Å². The lowest BCUT2D eigenvalue weighted by molar-refractivity contribution is 0.0370. The largest absolute Gasteiger partial charge is 0.313 e. The van der Waals surface area contributed by atoms with Gasteiger partial charge in [-0.05, 0) is 47.0 Å². The number of halogens is 2. The Morgan fingerprint density at radius 2 is 1.40 bits per heavy atom. The fourth-order valence-electron chi connectivity index (χ4n) is 4.62. The number of piperidine rings is 1. The first kappa shape index (κ1) is 19.4. The Morgan fingerprint density at radius 1 is 0.800 bits per heavy atom. The highest BCUT2D eigenvalue weighted by molar-refractivity contribution is 7.89. The van der Waals surface area contributed by atoms with Crippen LogP contribution in [-0.4, -0.2) is 37.9 Å². The number of hydrogen-bond acceptors (Lipinski definition) is 3. The van der Waals surface area contributed by atoms with Gasteiger partial charge in [-0.3, -0.25) is 0 Å². The van der Waals surface area contributed by atoms with E-state index in [0.717, 1.165) is 22.8 Å². The van der Waals surface area contributed by atoms with E-state index in [4.69, 9.17) is 0 Å². The Bertz CT molecular complexity index is 1170. The van der Waals surface area contributed by atoms with E-state index in [1.54, 1.807) is 12.1 Å². The smallest absolute Gasteiger partial charge is 0.243 e. The van der Waals surface area contributed by atoms with Gasteiger partial charge in [-0.1, -0.05) is 42.5 Å². The van der Waals surface area contributed by atoms with E-state index in [9.17, 15) is 17.2 Å². The lowest BCUT2D eigenvalue weighted by Gasteiger charge is -2.57. The quantitative estimate of drug-likeness (QED) is 0.691. The zero-order valence-electron chi connectivity index (χ0n) is 16.0. The van der Waals surface area contributed by atoms with Gasteiger partial charge >= 0.3 is 0 Å². The summed E-state index contributed by atoms with van der Waals surface area (Å²) in [7, 11) is -3.76. The van der Waals surface area contributed by atoms with Crippen molar-refractivity contribution in [2.45, 2.75) is 22.9 Å². The maximum atomic E-state index is 13.6. The molecule has 0 spiro atoms. The summed E-state index contributed by atoms with van der Waals surface area (Å²) in [5.74, 6) is -0.755. The molecule has 3 aromatic carbocycles. The van der Waals surface area contributed by atoms with Crippen molar-refractivity contribution in [2.24, 2.45) is 0 Å². The molecule has 4 nitrogen and oxygen atoms in total. The Morgan fingerprint density at radius 3 is 2.00 bits per heavy atom. The van der Waals surface area contributed by atoms with Crippen LogP contribution in [0.3, 0.4) is 0 Å².